The molecular formula is C13H25N3O2. The molecule has 0 saturated carbocycles. The van der Waals surface area contributed by atoms with Crippen LogP contribution in [0.15, 0.2) is 4.79 Å². The van der Waals surface area contributed by atoms with Crippen LogP contribution in [0.3, 0.4) is 0 Å². The van der Waals surface area contributed by atoms with E-state index in [9.17, 15) is 4.79 Å². The molecule has 0 aromatic carbocycles. The molecule has 0 spiro atoms. The first-order valence-corrected chi connectivity index (χ1v) is 7.02. The maximum Gasteiger partial charge on any atom is 0.345 e. The van der Waals surface area contributed by atoms with Gasteiger partial charge >= 0.3 is 5.69 Å². The van der Waals surface area contributed by atoms with Crippen molar-refractivity contribution in [2.24, 2.45) is 0 Å². The van der Waals surface area contributed by atoms with E-state index in [1.807, 2.05) is 6.92 Å². The van der Waals surface area contributed by atoms with Crippen LogP contribution in [0.4, 0.5) is 0 Å². The van der Waals surface area contributed by atoms with Gasteiger partial charge in [-0.3, -0.25) is 4.57 Å². The number of hydrogen-bond donors (Lipinski definition) is 1. The van der Waals surface area contributed by atoms with Crippen molar-refractivity contribution in [1.82, 2.24) is 14.3 Å². The predicted molar refractivity (Wildman–Crippen MR) is 71.5 cm³/mol. The van der Waals surface area contributed by atoms with E-state index in [2.05, 4.69) is 12.0 Å². The molecule has 0 saturated heterocycles. The molecule has 0 bridgehead atoms. The minimum Gasteiger partial charge on any atom is -0.388 e. The van der Waals surface area contributed by atoms with Crippen molar-refractivity contribution in [1.29, 1.82) is 0 Å². The van der Waals surface area contributed by atoms with Crippen LogP contribution in [0, 0.1) is 0 Å². The summed E-state index contributed by atoms with van der Waals surface area (Å²) in [5.41, 5.74) is -0.102. The van der Waals surface area contributed by atoms with Crippen molar-refractivity contribution in [3.63, 3.8) is 0 Å². The monoisotopic (exact) mass is 255 g/mol. The Kier molecular flexibility index (Phi) is 6.72. The zero-order valence-corrected chi connectivity index (χ0v) is 11.6. The summed E-state index contributed by atoms with van der Waals surface area (Å²) in [6, 6.07) is 0. The van der Waals surface area contributed by atoms with Gasteiger partial charge in [0.05, 0.1) is 0 Å². The maximum atomic E-state index is 11.9. The van der Waals surface area contributed by atoms with Crippen molar-refractivity contribution in [2.75, 3.05) is 0 Å². The summed E-state index contributed by atoms with van der Waals surface area (Å²) < 4.78 is 3.01. The smallest absolute Gasteiger partial charge is 0.345 e. The van der Waals surface area contributed by atoms with Crippen LogP contribution in [0.5, 0.6) is 0 Å². The minimum atomic E-state index is -0.174. The van der Waals surface area contributed by atoms with Gasteiger partial charge in [-0.15, -0.1) is 0 Å². The highest BCUT2D eigenvalue weighted by molar-refractivity contribution is 4.84. The van der Waals surface area contributed by atoms with Crippen molar-refractivity contribution < 1.29 is 5.11 Å². The third-order valence-electron chi connectivity index (χ3n) is 3.18. The lowest BCUT2D eigenvalue weighted by molar-refractivity contribution is 0.264. The molecular weight excluding hydrogens is 230 g/mol. The van der Waals surface area contributed by atoms with E-state index in [0.29, 0.717) is 18.9 Å². The fraction of sp³-hybridized carbons (Fsp3) is 0.846. The molecule has 18 heavy (non-hydrogen) atoms. The third-order valence-corrected chi connectivity index (χ3v) is 3.18. The Morgan fingerprint density at radius 1 is 1.11 bits per heavy atom. The zero-order valence-electron chi connectivity index (χ0n) is 11.6. The number of aromatic nitrogens is 3. The van der Waals surface area contributed by atoms with Gasteiger partial charge in [0.2, 0.25) is 0 Å². The molecule has 0 atom stereocenters. The average molecular weight is 255 g/mol. The van der Waals surface area contributed by atoms with E-state index in [1.165, 1.54) is 34.9 Å². The molecule has 1 N–H and O–H groups in total. The first kappa shape index (κ1) is 15.0. The molecule has 1 rings (SSSR count). The van der Waals surface area contributed by atoms with Gasteiger partial charge in [-0.05, 0) is 13.3 Å². The van der Waals surface area contributed by atoms with Gasteiger partial charge in [-0.25, -0.2) is 9.48 Å². The summed E-state index contributed by atoms with van der Waals surface area (Å²) in [6.45, 7) is 5.13. The number of aryl methyl sites for hydroxylation is 1. The van der Waals surface area contributed by atoms with Crippen LogP contribution < -0.4 is 5.69 Å². The fourth-order valence-electron chi connectivity index (χ4n) is 2.11. The molecule has 1 aromatic heterocycles. The van der Waals surface area contributed by atoms with E-state index < -0.39 is 0 Å². The second kappa shape index (κ2) is 8.08. The number of hydrogen-bond acceptors (Lipinski definition) is 3. The van der Waals surface area contributed by atoms with E-state index in [-0.39, 0.29) is 12.3 Å². The highest BCUT2D eigenvalue weighted by atomic mass is 16.3. The maximum absolute atomic E-state index is 11.9. The molecule has 5 heteroatoms. The van der Waals surface area contributed by atoms with Gasteiger partial charge in [0.25, 0.3) is 0 Å². The van der Waals surface area contributed by atoms with E-state index in [4.69, 9.17) is 5.11 Å². The van der Waals surface area contributed by atoms with Gasteiger partial charge in [0.15, 0.2) is 5.82 Å². The van der Waals surface area contributed by atoms with Gasteiger partial charge in [-0.1, -0.05) is 39.0 Å². The van der Waals surface area contributed by atoms with Crippen LogP contribution in [-0.2, 0) is 19.7 Å². The Morgan fingerprint density at radius 3 is 2.33 bits per heavy atom. The standard InChI is InChI=1S/C13H25N3O2/c1-3-5-6-7-8-9-10-16-13(18)15(4-2)12(11-17)14-16/h17H,3-11H2,1-2H3. The summed E-state index contributed by atoms with van der Waals surface area (Å²) >= 11 is 0. The molecule has 1 aromatic rings. The lowest BCUT2D eigenvalue weighted by Crippen LogP contribution is -2.25. The van der Waals surface area contributed by atoms with Gasteiger partial charge in [-0.2, -0.15) is 5.10 Å². The number of unbranched alkanes of at least 4 members (excludes halogenated alkanes) is 5. The molecule has 0 fully saturated rings. The zero-order chi connectivity index (χ0) is 13.4. The average Bonchev–Trinajstić information content (AvgIpc) is 2.69. The van der Waals surface area contributed by atoms with E-state index in [1.54, 1.807) is 0 Å². The number of rotatable bonds is 9. The molecule has 5 nitrogen and oxygen atoms in total. The van der Waals surface area contributed by atoms with Crippen molar-refractivity contribution >= 4 is 0 Å². The van der Waals surface area contributed by atoms with E-state index in [0.717, 1.165) is 12.8 Å². The number of aliphatic hydroxyl groups excluding tert-OH is 1. The summed E-state index contributed by atoms with van der Waals surface area (Å²) in [7, 11) is 0. The van der Waals surface area contributed by atoms with Gasteiger partial charge < -0.3 is 5.11 Å². The Bertz CT molecular complexity index is 395. The summed E-state index contributed by atoms with van der Waals surface area (Å²) in [5.74, 6) is 0.466. The Hall–Kier alpha value is -1.10. The highest BCUT2D eigenvalue weighted by Gasteiger charge is 2.10. The lowest BCUT2D eigenvalue weighted by atomic mass is 10.1. The van der Waals surface area contributed by atoms with Gasteiger partial charge in [0.1, 0.15) is 6.61 Å². The summed E-state index contributed by atoms with van der Waals surface area (Å²) in [5, 5.41) is 13.3. The first-order chi connectivity index (χ1) is 8.74. The normalized spacial score (nSPS) is 11.1. The molecule has 0 unspecified atom stereocenters. The van der Waals surface area contributed by atoms with E-state index >= 15 is 0 Å². The predicted octanol–water partition coefficient (Wildman–Crippen LogP) is 1.92. The quantitative estimate of drug-likeness (QED) is 0.686. The summed E-state index contributed by atoms with van der Waals surface area (Å²) in [6.07, 6.45) is 7.16. The second-order valence-corrected chi connectivity index (χ2v) is 4.59. The Morgan fingerprint density at radius 2 is 1.78 bits per heavy atom. The lowest BCUT2D eigenvalue weighted by Gasteiger charge is -2.00. The first-order valence-electron chi connectivity index (χ1n) is 7.02. The van der Waals surface area contributed by atoms with Crippen LogP contribution in [0.25, 0.3) is 0 Å². The largest absolute Gasteiger partial charge is 0.388 e. The molecule has 0 radical (unpaired) electrons. The minimum absolute atomic E-state index is 0.102. The van der Waals surface area contributed by atoms with Crippen LogP contribution in [0.2, 0.25) is 0 Å². The Labute approximate surface area is 108 Å². The van der Waals surface area contributed by atoms with Crippen LogP contribution in [-0.4, -0.2) is 19.5 Å². The Balaban J connectivity index is 2.43. The number of aliphatic hydroxyl groups is 1. The molecule has 0 aliphatic carbocycles. The SMILES string of the molecule is CCCCCCCCn1nc(CO)n(CC)c1=O. The molecule has 0 aliphatic rings. The molecule has 0 aliphatic heterocycles. The van der Waals surface area contributed by atoms with Crippen LogP contribution >= 0.6 is 0 Å². The number of nitrogens with zero attached hydrogens (tertiary/aromatic N) is 3. The van der Waals surface area contributed by atoms with Crippen molar-refractivity contribution in [3.8, 4) is 0 Å². The molecule has 104 valence electrons. The van der Waals surface area contributed by atoms with Crippen LogP contribution in [0.1, 0.15) is 58.2 Å². The topological polar surface area (TPSA) is 60.0 Å². The van der Waals surface area contributed by atoms with Gasteiger partial charge in [0, 0.05) is 13.1 Å². The van der Waals surface area contributed by atoms with Crippen molar-refractivity contribution in [3.05, 3.63) is 16.3 Å². The highest BCUT2D eigenvalue weighted by Crippen LogP contribution is 2.05. The second-order valence-electron chi connectivity index (χ2n) is 4.59. The summed E-state index contributed by atoms with van der Waals surface area (Å²) in [4.78, 5) is 11.9. The third kappa shape index (κ3) is 3.98. The molecule has 1 heterocycles. The molecule has 0 amide bonds. The fourth-order valence-corrected chi connectivity index (χ4v) is 2.11. The van der Waals surface area contributed by atoms with Crippen molar-refractivity contribution in [2.45, 2.75) is 72.1 Å².